The van der Waals surface area contributed by atoms with Crippen LogP contribution in [0.4, 0.5) is 0 Å². The molecule has 25 heavy (non-hydrogen) atoms. The summed E-state index contributed by atoms with van der Waals surface area (Å²) in [4.78, 5) is 16.5. The fraction of sp³-hybridized carbons (Fsp3) is 0.100. The quantitative estimate of drug-likeness (QED) is 0.431. The summed E-state index contributed by atoms with van der Waals surface area (Å²) in [5, 5.41) is 12.5. The summed E-state index contributed by atoms with van der Waals surface area (Å²) in [6.45, 7) is 2.07. The third-order valence-corrected chi connectivity index (χ3v) is 5.05. The van der Waals surface area contributed by atoms with E-state index in [0.29, 0.717) is 11.3 Å². The third kappa shape index (κ3) is 3.10. The molecule has 5 heteroatoms. The van der Waals surface area contributed by atoms with Gasteiger partial charge in [-0.3, -0.25) is 0 Å². The molecule has 124 valence electrons. The summed E-state index contributed by atoms with van der Waals surface area (Å²) < 4.78 is 5.17. The maximum Gasteiger partial charge on any atom is 0.336 e. The maximum atomic E-state index is 11.8. The van der Waals surface area contributed by atoms with Crippen LogP contribution in [0.2, 0.25) is 0 Å². The normalized spacial score (nSPS) is 11.2. The molecule has 2 aromatic carbocycles. The number of aromatic hydroxyl groups is 1. The van der Waals surface area contributed by atoms with E-state index in [0.717, 1.165) is 26.9 Å². The van der Waals surface area contributed by atoms with Crippen LogP contribution < -0.4 is 5.63 Å². The molecule has 2 aromatic heterocycles. The molecule has 0 atom stereocenters. The minimum atomic E-state index is -0.420. The van der Waals surface area contributed by atoms with Crippen molar-refractivity contribution in [2.24, 2.45) is 0 Å². The van der Waals surface area contributed by atoms with Crippen LogP contribution in [0.5, 0.6) is 5.75 Å². The van der Waals surface area contributed by atoms with Gasteiger partial charge in [0.1, 0.15) is 11.3 Å². The minimum Gasteiger partial charge on any atom is -0.508 e. The first-order valence-corrected chi connectivity index (χ1v) is 8.84. The second-order valence-corrected chi connectivity index (χ2v) is 6.85. The SMILES string of the molecule is Cc1cc(SCc2cc(=O)oc3cc(O)ccc23)nc2ccccc12. The number of hydrogen-bond acceptors (Lipinski definition) is 5. The standard InChI is InChI=1S/C20H15NO3S/c1-12-8-19(21-17-5-3-2-4-15(12)17)25-11-13-9-20(23)24-18-10-14(22)6-7-16(13)18/h2-10,22H,11H2,1H3. The molecule has 4 aromatic rings. The van der Waals surface area contributed by atoms with Crippen LogP contribution in [0.25, 0.3) is 21.9 Å². The van der Waals surface area contributed by atoms with E-state index in [1.54, 1.807) is 23.9 Å². The molecule has 0 amide bonds. The molecule has 0 saturated heterocycles. The summed E-state index contributed by atoms with van der Waals surface area (Å²) in [6.07, 6.45) is 0. The van der Waals surface area contributed by atoms with Gasteiger partial charge in [-0.1, -0.05) is 18.2 Å². The lowest BCUT2D eigenvalue weighted by Gasteiger charge is -2.08. The predicted molar refractivity (Wildman–Crippen MR) is 100 cm³/mol. The molecule has 0 bridgehead atoms. The molecule has 0 aliphatic carbocycles. The van der Waals surface area contributed by atoms with Crippen LogP contribution in [0.15, 0.2) is 68.8 Å². The van der Waals surface area contributed by atoms with Crippen molar-refractivity contribution in [2.45, 2.75) is 17.7 Å². The molecular formula is C20H15NO3S. The van der Waals surface area contributed by atoms with Crippen LogP contribution in [-0.2, 0) is 5.75 Å². The summed E-state index contributed by atoms with van der Waals surface area (Å²) in [7, 11) is 0. The van der Waals surface area contributed by atoms with Crippen molar-refractivity contribution >= 4 is 33.6 Å². The van der Waals surface area contributed by atoms with Crippen molar-refractivity contribution in [3.63, 3.8) is 0 Å². The van der Waals surface area contributed by atoms with E-state index in [4.69, 9.17) is 4.42 Å². The Kier molecular flexibility index (Phi) is 3.93. The number of para-hydroxylation sites is 1. The van der Waals surface area contributed by atoms with E-state index in [2.05, 4.69) is 24.0 Å². The number of aromatic nitrogens is 1. The van der Waals surface area contributed by atoms with Gasteiger partial charge in [-0.05, 0) is 42.3 Å². The number of aryl methyl sites for hydroxylation is 1. The fourth-order valence-electron chi connectivity index (χ4n) is 2.88. The fourth-order valence-corrected chi connectivity index (χ4v) is 3.85. The van der Waals surface area contributed by atoms with Crippen molar-refractivity contribution < 1.29 is 9.52 Å². The summed E-state index contributed by atoms with van der Waals surface area (Å²) in [6, 6.07) is 16.4. The lowest BCUT2D eigenvalue weighted by Crippen LogP contribution is -2.00. The molecule has 0 unspecified atom stereocenters. The van der Waals surface area contributed by atoms with Gasteiger partial charge >= 0.3 is 5.63 Å². The molecule has 0 saturated carbocycles. The molecule has 0 radical (unpaired) electrons. The number of benzene rings is 2. The van der Waals surface area contributed by atoms with Gasteiger partial charge in [-0.2, -0.15) is 0 Å². The highest BCUT2D eigenvalue weighted by atomic mass is 32.2. The number of phenolic OH excluding ortho intramolecular Hbond substituents is 1. The largest absolute Gasteiger partial charge is 0.508 e. The van der Waals surface area contributed by atoms with E-state index >= 15 is 0 Å². The first-order chi connectivity index (χ1) is 12.1. The molecule has 2 heterocycles. The zero-order valence-electron chi connectivity index (χ0n) is 13.5. The highest BCUT2D eigenvalue weighted by molar-refractivity contribution is 7.98. The van der Waals surface area contributed by atoms with Crippen LogP contribution in [0, 0.1) is 6.92 Å². The van der Waals surface area contributed by atoms with Gasteiger partial charge in [0, 0.05) is 28.7 Å². The van der Waals surface area contributed by atoms with Gasteiger partial charge in [0.05, 0.1) is 10.5 Å². The van der Waals surface area contributed by atoms with Gasteiger partial charge in [-0.25, -0.2) is 9.78 Å². The average molecular weight is 349 g/mol. The van der Waals surface area contributed by atoms with E-state index in [1.807, 2.05) is 18.2 Å². The highest BCUT2D eigenvalue weighted by Crippen LogP contribution is 2.29. The number of thioether (sulfide) groups is 1. The summed E-state index contributed by atoms with van der Waals surface area (Å²) in [5.74, 6) is 0.671. The van der Waals surface area contributed by atoms with Crippen LogP contribution in [0.3, 0.4) is 0 Å². The van der Waals surface area contributed by atoms with E-state index < -0.39 is 5.63 Å². The zero-order valence-corrected chi connectivity index (χ0v) is 14.3. The van der Waals surface area contributed by atoms with E-state index in [9.17, 15) is 9.90 Å². The smallest absolute Gasteiger partial charge is 0.336 e. The van der Waals surface area contributed by atoms with Gasteiger partial charge in [-0.15, -0.1) is 11.8 Å². The number of pyridine rings is 1. The molecular weight excluding hydrogens is 334 g/mol. The van der Waals surface area contributed by atoms with Crippen LogP contribution in [-0.4, -0.2) is 10.1 Å². The molecule has 0 spiro atoms. The van der Waals surface area contributed by atoms with Gasteiger partial charge in [0.25, 0.3) is 0 Å². The lowest BCUT2D eigenvalue weighted by atomic mass is 10.1. The van der Waals surface area contributed by atoms with Gasteiger partial charge in [0.2, 0.25) is 0 Å². The Labute approximate surface area is 148 Å². The number of nitrogens with zero attached hydrogens (tertiary/aromatic N) is 1. The molecule has 1 N–H and O–H groups in total. The van der Waals surface area contributed by atoms with Crippen LogP contribution in [0.1, 0.15) is 11.1 Å². The Bertz CT molecular complexity index is 1150. The number of hydrogen-bond donors (Lipinski definition) is 1. The summed E-state index contributed by atoms with van der Waals surface area (Å²) in [5.41, 5.74) is 2.98. The van der Waals surface area contributed by atoms with E-state index in [-0.39, 0.29) is 5.75 Å². The van der Waals surface area contributed by atoms with Crippen molar-refractivity contribution in [3.05, 3.63) is 76.1 Å². The Hall–Kier alpha value is -2.79. The zero-order chi connectivity index (χ0) is 17.4. The number of rotatable bonds is 3. The van der Waals surface area contributed by atoms with Crippen LogP contribution >= 0.6 is 11.8 Å². The monoisotopic (exact) mass is 349 g/mol. The van der Waals surface area contributed by atoms with Gasteiger partial charge in [0.15, 0.2) is 0 Å². The average Bonchev–Trinajstić information content (AvgIpc) is 2.59. The molecule has 4 rings (SSSR count). The highest BCUT2D eigenvalue weighted by Gasteiger charge is 2.09. The topological polar surface area (TPSA) is 63.3 Å². The summed E-state index contributed by atoms with van der Waals surface area (Å²) >= 11 is 1.58. The second kappa shape index (κ2) is 6.26. The predicted octanol–water partition coefficient (Wildman–Crippen LogP) is 4.65. The Morgan fingerprint density at radius 1 is 1.08 bits per heavy atom. The Balaban J connectivity index is 1.70. The van der Waals surface area contributed by atoms with E-state index in [1.165, 1.54) is 17.7 Å². The maximum absolute atomic E-state index is 11.8. The van der Waals surface area contributed by atoms with Crippen molar-refractivity contribution in [2.75, 3.05) is 0 Å². The van der Waals surface area contributed by atoms with Crippen molar-refractivity contribution in [1.29, 1.82) is 0 Å². The second-order valence-electron chi connectivity index (χ2n) is 5.85. The molecule has 0 fully saturated rings. The minimum absolute atomic E-state index is 0.0762. The first kappa shape index (κ1) is 15.7. The number of fused-ring (bicyclic) bond motifs is 2. The molecule has 0 aliphatic rings. The Morgan fingerprint density at radius 2 is 1.92 bits per heavy atom. The van der Waals surface area contributed by atoms with Crippen molar-refractivity contribution in [3.8, 4) is 5.75 Å². The number of phenols is 1. The van der Waals surface area contributed by atoms with Crippen molar-refractivity contribution in [1.82, 2.24) is 4.98 Å². The molecule has 4 nitrogen and oxygen atoms in total. The lowest BCUT2D eigenvalue weighted by molar-refractivity contribution is 0.473. The molecule has 0 aliphatic heterocycles. The third-order valence-electron chi connectivity index (χ3n) is 4.09. The first-order valence-electron chi connectivity index (χ1n) is 7.85. The Morgan fingerprint density at radius 3 is 2.80 bits per heavy atom. The van der Waals surface area contributed by atoms with Gasteiger partial charge < -0.3 is 9.52 Å².